The lowest BCUT2D eigenvalue weighted by Gasteiger charge is -2.43. The maximum absolute atomic E-state index is 14.6. The Hall–Kier alpha value is -0.813. The number of halogens is 13. The first-order valence-electron chi connectivity index (χ1n) is 8.51. The van der Waals surface area contributed by atoms with E-state index >= 15 is 0 Å². The molecule has 31 heavy (non-hydrogen) atoms. The fraction of sp³-hybridized carbons (Fsp3) is 1.00. The standard InChI is InChI=1S/C14H19F13O3Si/c1-4-28-31(29-5-2,30-6-3)14(26,27)13(24,25)12(22,23)11(20,21)9(15,16)7-8-10(17,18)19/h4-8H2,1-3H3. The highest BCUT2D eigenvalue weighted by Crippen LogP contribution is 2.60. The molecule has 0 aromatic rings. The second-order valence-corrected chi connectivity index (χ2v) is 8.58. The summed E-state index contributed by atoms with van der Waals surface area (Å²) in [5.74, 6) is -28.6. The van der Waals surface area contributed by atoms with E-state index in [2.05, 4.69) is 13.3 Å². The molecule has 0 heterocycles. The Morgan fingerprint density at radius 2 is 0.871 bits per heavy atom. The molecule has 0 N–H and O–H groups in total. The molecule has 0 aliphatic heterocycles. The van der Waals surface area contributed by atoms with E-state index in [1.807, 2.05) is 0 Å². The second kappa shape index (κ2) is 9.58. The minimum absolute atomic E-state index is 0.909. The molecule has 0 spiro atoms. The van der Waals surface area contributed by atoms with E-state index in [0.29, 0.717) is 0 Å². The van der Waals surface area contributed by atoms with Crippen LogP contribution in [0.15, 0.2) is 0 Å². The van der Waals surface area contributed by atoms with Gasteiger partial charge < -0.3 is 13.3 Å². The summed E-state index contributed by atoms with van der Waals surface area (Å²) in [5, 5.41) is 0. The maximum Gasteiger partial charge on any atom is 0.582 e. The third-order valence-corrected chi connectivity index (χ3v) is 6.84. The minimum atomic E-state index is -7.55. The molecule has 0 saturated carbocycles. The van der Waals surface area contributed by atoms with Gasteiger partial charge in [-0.25, -0.2) is 0 Å². The van der Waals surface area contributed by atoms with Gasteiger partial charge in [-0.3, -0.25) is 0 Å². The fourth-order valence-corrected chi connectivity index (χ4v) is 4.71. The number of alkyl halides is 13. The highest BCUT2D eigenvalue weighted by Gasteiger charge is 2.91. The van der Waals surface area contributed by atoms with E-state index < -0.39 is 76.9 Å². The van der Waals surface area contributed by atoms with Crippen LogP contribution in [0.5, 0.6) is 0 Å². The van der Waals surface area contributed by atoms with Gasteiger partial charge in [0.1, 0.15) is 0 Å². The topological polar surface area (TPSA) is 27.7 Å². The third kappa shape index (κ3) is 5.40. The van der Waals surface area contributed by atoms with Crippen LogP contribution in [0.3, 0.4) is 0 Å². The van der Waals surface area contributed by atoms with E-state index in [1.54, 1.807) is 0 Å². The van der Waals surface area contributed by atoms with E-state index in [0.717, 1.165) is 20.8 Å². The molecule has 188 valence electrons. The lowest BCUT2D eigenvalue weighted by atomic mass is 9.95. The molecule has 0 atom stereocenters. The van der Waals surface area contributed by atoms with Crippen molar-refractivity contribution in [3.05, 3.63) is 0 Å². The van der Waals surface area contributed by atoms with Gasteiger partial charge in [-0.2, -0.15) is 57.1 Å². The number of hydrogen-bond acceptors (Lipinski definition) is 3. The summed E-state index contributed by atoms with van der Waals surface area (Å²) >= 11 is 0. The molecule has 3 nitrogen and oxygen atoms in total. The molecule has 0 fully saturated rings. The maximum atomic E-state index is 14.6. The molecule has 0 aliphatic rings. The Morgan fingerprint density at radius 3 is 1.16 bits per heavy atom. The summed E-state index contributed by atoms with van der Waals surface area (Å²) in [4.78, 5) is 0. The lowest BCUT2D eigenvalue weighted by molar-refractivity contribution is -0.397. The van der Waals surface area contributed by atoms with Gasteiger partial charge >= 0.3 is 44.2 Å². The number of rotatable bonds is 13. The monoisotopic (exact) mass is 510 g/mol. The Labute approximate surface area is 169 Å². The fourth-order valence-electron chi connectivity index (χ4n) is 2.24. The first-order valence-corrected chi connectivity index (χ1v) is 10.2. The van der Waals surface area contributed by atoms with Crippen molar-refractivity contribution >= 4 is 8.80 Å². The van der Waals surface area contributed by atoms with Gasteiger partial charge in [-0.1, -0.05) is 0 Å². The molecule has 0 amide bonds. The third-order valence-electron chi connectivity index (χ3n) is 3.75. The van der Waals surface area contributed by atoms with Crippen LogP contribution < -0.4 is 0 Å². The van der Waals surface area contributed by atoms with Crippen molar-refractivity contribution in [3.8, 4) is 0 Å². The molecule has 0 aliphatic carbocycles. The Bertz CT molecular complexity index is 563. The van der Waals surface area contributed by atoms with Crippen LogP contribution in [0.2, 0.25) is 0 Å². The molecule has 0 aromatic heterocycles. The van der Waals surface area contributed by atoms with Crippen molar-refractivity contribution < 1.29 is 70.4 Å². The van der Waals surface area contributed by atoms with Crippen molar-refractivity contribution in [2.75, 3.05) is 19.8 Å². The summed E-state index contributed by atoms with van der Waals surface area (Å²) in [5.41, 5.74) is -6.39. The summed E-state index contributed by atoms with van der Waals surface area (Å²) in [6.45, 7) is -0.0189. The predicted molar refractivity (Wildman–Crippen MR) is 80.7 cm³/mol. The predicted octanol–water partition coefficient (Wildman–Crippen LogP) is 6.09. The second-order valence-electron chi connectivity index (χ2n) is 5.97. The lowest BCUT2D eigenvalue weighted by Crippen LogP contribution is -2.76. The van der Waals surface area contributed by atoms with E-state index in [-0.39, 0.29) is 0 Å². The zero-order valence-electron chi connectivity index (χ0n) is 16.2. The van der Waals surface area contributed by atoms with E-state index in [9.17, 15) is 57.1 Å². The zero-order valence-corrected chi connectivity index (χ0v) is 17.2. The van der Waals surface area contributed by atoms with Crippen molar-refractivity contribution in [2.45, 2.75) is 69.0 Å². The smallest absolute Gasteiger partial charge is 0.370 e. The Balaban J connectivity index is 6.50. The van der Waals surface area contributed by atoms with Crippen LogP contribution in [0, 0.1) is 0 Å². The van der Waals surface area contributed by atoms with Crippen LogP contribution >= 0.6 is 0 Å². The Kier molecular flexibility index (Phi) is 9.33. The minimum Gasteiger partial charge on any atom is -0.370 e. The van der Waals surface area contributed by atoms with Crippen LogP contribution in [0.25, 0.3) is 0 Å². The first-order chi connectivity index (χ1) is 13.6. The largest absolute Gasteiger partial charge is 0.582 e. The summed E-state index contributed by atoms with van der Waals surface area (Å²) in [6.07, 6.45) is -11.4. The molecular weight excluding hydrogens is 491 g/mol. The van der Waals surface area contributed by atoms with E-state index in [4.69, 9.17) is 0 Å². The first kappa shape index (κ1) is 30.2. The molecule has 0 rings (SSSR count). The molecule has 0 radical (unpaired) electrons. The van der Waals surface area contributed by atoms with Crippen LogP contribution in [0.4, 0.5) is 57.1 Å². The van der Waals surface area contributed by atoms with Crippen LogP contribution in [0.1, 0.15) is 33.6 Å². The molecule has 0 bridgehead atoms. The van der Waals surface area contributed by atoms with E-state index in [1.165, 1.54) is 0 Å². The quantitative estimate of drug-likeness (QED) is 0.222. The van der Waals surface area contributed by atoms with Crippen LogP contribution in [-0.4, -0.2) is 64.0 Å². The molecule has 0 unspecified atom stereocenters. The Morgan fingerprint density at radius 1 is 0.516 bits per heavy atom. The SMILES string of the molecule is CCO[Si](OCC)(OCC)C(F)(F)C(F)(F)C(F)(F)C(F)(F)C(F)(F)CCC(F)(F)F. The van der Waals surface area contributed by atoms with Crippen molar-refractivity contribution in [2.24, 2.45) is 0 Å². The van der Waals surface area contributed by atoms with Crippen molar-refractivity contribution in [1.82, 2.24) is 0 Å². The van der Waals surface area contributed by atoms with Gasteiger partial charge in [0.15, 0.2) is 0 Å². The van der Waals surface area contributed by atoms with Gasteiger partial charge in [0.2, 0.25) is 0 Å². The highest BCUT2D eigenvalue weighted by atomic mass is 28.4. The summed E-state index contributed by atoms with van der Waals surface area (Å²) in [7, 11) is -6.28. The molecule has 17 heteroatoms. The average molecular weight is 510 g/mol. The normalized spacial score (nSPS) is 15.5. The molecular formula is C14H19F13O3Si. The average Bonchev–Trinajstić information content (AvgIpc) is 2.59. The van der Waals surface area contributed by atoms with Crippen molar-refractivity contribution in [1.29, 1.82) is 0 Å². The number of hydrogen-bond donors (Lipinski definition) is 0. The van der Waals surface area contributed by atoms with Crippen LogP contribution in [-0.2, 0) is 13.3 Å². The molecule has 0 aromatic carbocycles. The van der Waals surface area contributed by atoms with Gasteiger partial charge in [0.05, 0.1) is 0 Å². The van der Waals surface area contributed by atoms with Gasteiger partial charge in [-0.05, 0) is 20.8 Å². The van der Waals surface area contributed by atoms with Gasteiger partial charge in [0, 0.05) is 32.7 Å². The summed E-state index contributed by atoms with van der Waals surface area (Å²) in [6, 6.07) is 0. The zero-order chi connectivity index (χ0) is 25.2. The van der Waals surface area contributed by atoms with Crippen molar-refractivity contribution in [3.63, 3.8) is 0 Å². The highest BCUT2D eigenvalue weighted by molar-refractivity contribution is 6.63. The molecule has 0 saturated heterocycles. The summed E-state index contributed by atoms with van der Waals surface area (Å²) < 4.78 is 189. The van der Waals surface area contributed by atoms with Gasteiger partial charge in [0.25, 0.3) is 0 Å². The van der Waals surface area contributed by atoms with Gasteiger partial charge in [-0.15, -0.1) is 0 Å².